The average molecular weight is 217 g/mol. The van der Waals surface area contributed by atoms with Crippen LogP contribution in [-0.4, -0.2) is 16.1 Å². The van der Waals surface area contributed by atoms with Crippen LogP contribution in [0.25, 0.3) is 0 Å². The highest BCUT2D eigenvalue weighted by Crippen LogP contribution is 2.36. The fraction of sp³-hybridized carbons (Fsp3) is 0.538. The summed E-state index contributed by atoms with van der Waals surface area (Å²) in [6, 6.07) is 4.17. The predicted molar refractivity (Wildman–Crippen MR) is 59.4 cm³/mol. The summed E-state index contributed by atoms with van der Waals surface area (Å²) in [5.74, 6) is -0.309. The third-order valence-electron chi connectivity index (χ3n) is 3.87. The van der Waals surface area contributed by atoms with Crippen LogP contribution in [0.15, 0.2) is 12.1 Å². The maximum atomic E-state index is 10.9. The second kappa shape index (κ2) is 3.58. The summed E-state index contributed by atoms with van der Waals surface area (Å²) in [4.78, 5) is 15.6. The van der Waals surface area contributed by atoms with Gasteiger partial charge < -0.3 is 5.11 Å². The van der Waals surface area contributed by atoms with Gasteiger partial charge in [0.05, 0.1) is 5.92 Å². The lowest BCUT2D eigenvalue weighted by Gasteiger charge is -2.25. The highest BCUT2D eigenvalue weighted by Gasteiger charge is 2.29. The number of rotatable bonds is 2. The summed E-state index contributed by atoms with van der Waals surface area (Å²) in [5.41, 5.74) is 3.34. The van der Waals surface area contributed by atoms with Crippen molar-refractivity contribution in [2.45, 2.75) is 38.0 Å². The summed E-state index contributed by atoms with van der Waals surface area (Å²) in [6.45, 7) is 0. The van der Waals surface area contributed by atoms with Gasteiger partial charge >= 0.3 is 5.97 Å². The van der Waals surface area contributed by atoms with E-state index in [9.17, 15) is 4.79 Å². The second-order valence-electron chi connectivity index (χ2n) is 4.91. The quantitative estimate of drug-likeness (QED) is 0.825. The second-order valence-corrected chi connectivity index (χ2v) is 4.91. The van der Waals surface area contributed by atoms with Crippen LogP contribution >= 0.6 is 0 Å². The molecule has 1 unspecified atom stereocenters. The summed E-state index contributed by atoms with van der Waals surface area (Å²) < 4.78 is 0. The molecule has 3 nitrogen and oxygen atoms in total. The molecule has 0 saturated heterocycles. The number of carbonyl (C=O) groups is 1. The first-order valence-corrected chi connectivity index (χ1v) is 5.95. The van der Waals surface area contributed by atoms with E-state index in [1.807, 2.05) is 0 Å². The van der Waals surface area contributed by atoms with Gasteiger partial charge in [0.25, 0.3) is 0 Å². The standard InChI is InChI=1S/C13H15NO2/c15-13(16)10-6-9-4-5-11(8-2-1-3-8)14-12(9)7-10/h4-5,8,10H,1-3,6-7H2,(H,15,16). The molecule has 3 heteroatoms. The minimum absolute atomic E-state index is 0.251. The van der Waals surface area contributed by atoms with Crippen LogP contribution in [0.1, 0.15) is 42.1 Å². The molecule has 0 aromatic carbocycles. The largest absolute Gasteiger partial charge is 0.481 e. The Hall–Kier alpha value is -1.38. The molecule has 1 aromatic rings. The van der Waals surface area contributed by atoms with E-state index in [4.69, 9.17) is 5.11 Å². The van der Waals surface area contributed by atoms with E-state index in [1.54, 1.807) is 0 Å². The number of hydrogen-bond donors (Lipinski definition) is 1. The van der Waals surface area contributed by atoms with Crippen molar-refractivity contribution < 1.29 is 9.90 Å². The van der Waals surface area contributed by atoms with Crippen molar-refractivity contribution in [1.29, 1.82) is 0 Å². The van der Waals surface area contributed by atoms with Crippen LogP contribution in [0.4, 0.5) is 0 Å². The SMILES string of the molecule is O=C(O)C1Cc2ccc(C3CCC3)nc2C1. The molecule has 0 spiro atoms. The zero-order valence-electron chi connectivity index (χ0n) is 9.15. The lowest BCUT2D eigenvalue weighted by Crippen LogP contribution is -2.13. The van der Waals surface area contributed by atoms with E-state index >= 15 is 0 Å². The number of pyridine rings is 1. The fourth-order valence-corrected chi connectivity index (χ4v) is 2.59. The molecule has 1 N–H and O–H groups in total. The van der Waals surface area contributed by atoms with E-state index in [1.165, 1.54) is 25.0 Å². The van der Waals surface area contributed by atoms with Gasteiger partial charge in [0.1, 0.15) is 0 Å². The van der Waals surface area contributed by atoms with E-state index in [-0.39, 0.29) is 5.92 Å². The summed E-state index contributed by atoms with van der Waals surface area (Å²) in [5, 5.41) is 8.99. The van der Waals surface area contributed by atoms with Crippen LogP contribution in [0.5, 0.6) is 0 Å². The molecule has 0 aliphatic heterocycles. The van der Waals surface area contributed by atoms with E-state index in [0.717, 1.165) is 11.3 Å². The highest BCUT2D eigenvalue weighted by atomic mass is 16.4. The molecule has 16 heavy (non-hydrogen) atoms. The summed E-state index contributed by atoms with van der Waals surface area (Å²) in [6.07, 6.45) is 5.07. The number of aliphatic carboxylic acids is 1. The molecule has 1 heterocycles. The molecule has 2 aliphatic carbocycles. The van der Waals surface area contributed by atoms with E-state index in [2.05, 4.69) is 17.1 Å². The predicted octanol–water partition coefficient (Wildman–Crippen LogP) is 2.15. The molecule has 1 atom stereocenters. The van der Waals surface area contributed by atoms with Crippen molar-refractivity contribution in [3.8, 4) is 0 Å². The van der Waals surface area contributed by atoms with Crippen LogP contribution in [0, 0.1) is 5.92 Å². The van der Waals surface area contributed by atoms with Crippen molar-refractivity contribution in [1.82, 2.24) is 4.98 Å². The van der Waals surface area contributed by atoms with Gasteiger partial charge in [-0.05, 0) is 30.9 Å². The topological polar surface area (TPSA) is 50.2 Å². The molecule has 0 radical (unpaired) electrons. The molecule has 2 aliphatic rings. The highest BCUT2D eigenvalue weighted by molar-refractivity contribution is 5.72. The third-order valence-corrected chi connectivity index (χ3v) is 3.87. The molecule has 1 aromatic heterocycles. The van der Waals surface area contributed by atoms with Crippen molar-refractivity contribution in [3.05, 3.63) is 29.1 Å². The Kier molecular flexibility index (Phi) is 2.20. The first-order valence-electron chi connectivity index (χ1n) is 5.95. The monoisotopic (exact) mass is 217 g/mol. The first kappa shape index (κ1) is 9.82. The van der Waals surface area contributed by atoms with Crippen LogP contribution < -0.4 is 0 Å². The third kappa shape index (κ3) is 1.51. The zero-order chi connectivity index (χ0) is 11.1. The average Bonchev–Trinajstić information content (AvgIpc) is 2.57. The lowest BCUT2D eigenvalue weighted by atomic mass is 9.82. The Bertz CT molecular complexity index is 438. The Morgan fingerprint density at radius 1 is 1.31 bits per heavy atom. The number of carboxylic acids is 1. The van der Waals surface area contributed by atoms with Crippen molar-refractivity contribution in [3.63, 3.8) is 0 Å². The van der Waals surface area contributed by atoms with E-state index < -0.39 is 5.97 Å². The Balaban J connectivity index is 1.85. The molecule has 1 fully saturated rings. The molecule has 0 amide bonds. The molecule has 3 rings (SSSR count). The molecular formula is C13H15NO2. The van der Waals surface area contributed by atoms with Gasteiger partial charge in [-0.2, -0.15) is 0 Å². The van der Waals surface area contributed by atoms with Gasteiger partial charge in [0.15, 0.2) is 0 Å². The van der Waals surface area contributed by atoms with Crippen molar-refractivity contribution in [2.24, 2.45) is 5.92 Å². The van der Waals surface area contributed by atoms with Crippen molar-refractivity contribution >= 4 is 5.97 Å². The van der Waals surface area contributed by atoms with Crippen molar-refractivity contribution in [2.75, 3.05) is 0 Å². The minimum atomic E-state index is -0.691. The Morgan fingerprint density at radius 3 is 2.75 bits per heavy atom. The van der Waals surface area contributed by atoms with Gasteiger partial charge in [-0.3, -0.25) is 9.78 Å². The lowest BCUT2D eigenvalue weighted by molar-refractivity contribution is -0.141. The maximum Gasteiger partial charge on any atom is 0.307 e. The molecular weight excluding hydrogens is 202 g/mol. The maximum absolute atomic E-state index is 10.9. The Morgan fingerprint density at radius 2 is 2.12 bits per heavy atom. The first-order chi connectivity index (χ1) is 7.74. The van der Waals surface area contributed by atoms with Gasteiger partial charge in [-0.15, -0.1) is 0 Å². The molecule has 1 saturated carbocycles. The van der Waals surface area contributed by atoms with Crippen LogP contribution in [-0.2, 0) is 17.6 Å². The molecule has 84 valence electrons. The summed E-state index contributed by atoms with van der Waals surface area (Å²) in [7, 11) is 0. The number of hydrogen-bond acceptors (Lipinski definition) is 2. The van der Waals surface area contributed by atoms with Gasteiger partial charge in [0, 0.05) is 23.7 Å². The minimum Gasteiger partial charge on any atom is -0.481 e. The number of aromatic nitrogens is 1. The van der Waals surface area contributed by atoms with Gasteiger partial charge in [0.2, 0.25) is 0 Å². The van der Waals surface area contributed by atoms with E-state index in [0.29, 0.717) is 18.8 Å². The fourth-order valence-electron chi connectivity index (χ4n) is 2.59. The molecule has 0 bridgehead atoms. The van der Waals surface area contributed by atoms with Gasteiger partial charge in [-0.1, -0.05) is 12.5 Å². The van der Waals surface area contributed by atoms with Crippen LogP contribution in [0.2, 0.25) is 0 Å². The zero-order valence-corrected chi connectivity index (χ0v) is 9.15. The summed E-state index contributed by atoms with van der Waals surface area (Å²) >= 11 is 0. The Labute approximate surface area is 94.5 Å². The normalized spacial score (nSPS) is 23.9. The van der Waals surface area contributed by atoms with Gasteiger partial charge in [-0.25, -0.2) is 0 Å². The smallest absolute Gasteiger partial charge is 0.307 e. The number of carboxylic acid groups (broad SMARTS) is 1. The van der Waals surface area contributed by atoms with Crippen LogP contribution in [0.3, 0.4) is 0 Å². The number of nitrogens with zero attached hydrogens (tertiary/aromatic N) is 1. The number of fused-ring (bicyclic) bond motifs is 1.